The maximum absolute atomic E-state index is 12.3. The molecule has 1 heterocycles. The standard InChI is InChI=1S/C17H16N2O3S/c20-13-4-1-11(2-5-13)10-18-17(22)12-3-6-15-14(9-12)19-16(21)7-8-23-15/h1-6,9,20H,7-8,10H2,(H,18,22)(H,19,21). The van der Waals surface area contributed by atoms with Gasteiger partial charge in [0, 0.05) is 29.2 Å². The van der Waals surface area contributed by atoms with E-state index in [4.69, 9.17) is 0 Å². The second kappa shape index (κ2) is 6.75. The Balaban J connectivity index is 1.70. The molecule has 1 aliphatic heterocycles. The summed E-state index contributed by atoms with van der Waals surface area (Å²) in [5.41, 5.74) is 2.09. The molecule has 0 saturated heterocycles. The highest BCUT2D eigenvalue weighted by molar-refractivity contribution is 7.99. The fourth-order valence-electron chi connectivity index (χ4n) is 2.26. The van der Waals surface area contributed by atoms with Crippen molar-refractivity contribution in [2.24, 2.45) is 0 Å². The van der Waals surface area contributed by atoms with Gasteiger partial charge in [-0.15, -0.1) is 11.8 Å². The zero-order chi connectivity index (χ0) is 16.2. The number of anilines is 1. The molecule has 0 aromatic heterocycles. The molecule has 23 heavy (non-hydrogen) atoms. The Morgan fingerprint density at radius 3 is 2.78 bits per heavy atom. The molecule has 1 aliphatic rings. The number of thioether (sulfide) groups is 1. The lowest BCUT2D eigenvalue weighted by Gasteiger charge is -2.10. The number of amides is 2. The van der Waals surface area contributed by atoms with E-state index in [1.54, 1.807) is 48.2 Å². The fourth-order valence-corrected chi connectivity index (χ4v) is 3.20. The predicted octanol–water partition coefficient (Wildman–Crippen LogP) is 2.76. The number of carbonyl (C=O) groups excluding carboxylic acids is 2. The van der Waals surface area contributed by atoms with Crippen LogP contribution in [0.15, 0.2) is 47.4 Å². The van der Waals surface area contributed by atoms with E-state index in [1.807, 2.05) is 6.07 Å². The van der Waals surface area contributed by atoms with E-state index in [0.717, 1.165) is 16.2 Å². The number of carbonyl (C=O) groups is 2. The Kier molecular flexibility index (Phi) is 4.52. The molecule has 0 unspecified atom stereocenters. The number of benzene rings is 2. The number of rotatable bonds is 3. The van der Waals surface area contributed by atoms with Crippen LogP contribution in [-0.2, 0) is 11.3 Å². The topological polar surface area (TPSA) is 78.4 Å². The lowest BCUT2D eigenvalue weighted by Crippen LogP contribution is -2.23. The van der Waals surface area contributed by atoms with Gasteiger partial charge in [0.05, 0.1) is 5.69 Å². The SMILES string of the molecule is O=C1CCSc2ccc(C(=O)NCc3ccc(O)cc3)cc2N1. The smallest absolute Gasteiger partial charge is 0.251 e. The van der Waals surface area contributed by atoms with Crippen molar-refractivity contribution in [3.8, 4) is 5.75 Å². The maximum Gasteiger partial charge on any atom is 0.251 e. The number of phenolic OH excluding ortho intramolecular Hbond substituents is 1. The minimum atomic E-state index is -0.204. The van der Waals surface area contributed by atoms with Crippen molar-refractivity contribution in [2.75, 3.05) is 11.1 Å². The van der Waals surface area contributed by atoms with E-state index in [0.29, 0.717) is 24.2 Å². The van der Waals surface area contributed by atoms with Crippen LogP contribution in [0.25, 0.3) is 0 Å². The molecular weight excluding hydrogens is 312 g/mol. The lowest BCUT2D eigenvalue weighted by molar-refractivity contribution is -0.115. The number of hydrogen-bond acceptors (Lipinski definition) is 4. The first-order chi connectivity index (χ1) is 11.1. The van der Waals surface area contributed by atoms with Gasteiger partial charge < -0.3 is 15.7 Å². The van der Waals surface area contributed by atoms with Gasteiger partial charge >= 0.3 is 0 Å². The molecule has 6 heteroatoms. The summed E-state index contributed by atoms with van der Waals surface area (Å²) in [6.45, 7) is 0.372. The van der Waals surface area contributed by atoms with Gasteiger partial charge in [-0.1, -0.05) is 12.1 Å². The molecule has 0 bridgehead atoms. The molecule has 5 nitrogen and oxygen atoms in total. The minimum absolute atomic E-state index is 0.0297. The van der Waals surface area contributed by atoms with E-state index < -0.39 is 0 Å². The van der Waals surface area contributed by atoms with Gasteiger partial charge in [0.1, 0.15) is 5.75 Å². The van der Waals surface area contributed by atoms with Gasteiger partial charge in [-0.2, -0.15) is 0 Å². The third kappa shape index (κ3) is 3.84. The van der Waals surface area contributed by atoms with E-state index >= 15 is 0 Å². The van der Waals surface area contributed by atoms with Crippen LogP contribution in [-0.4, -0.2) is 22.7 Å². The van der Waals surface area contributed by atoms with Crippen LogP contribution in [0.5, 0.6) is 5.75 Å². The van der Waals surface area contributed by atoms with Crippen molar-refractivity contribution in [3.63, 3.8) is 0 Å². The molecule has 0 spiro atoms. The summed E-state index contributed by atoms with van der Waals surface area (Å²) in [5, 5.41) is 14.9. The average Bonchev–Trinajstić information content (AvgIpc) is 2.73. The summed E-state index contributed by atoms with van der Waals surface area (Å²) < 4.78 is 0. The van der Waals surface area contributed by atoms with Gasteiger partial charge in [0.2, 0.25) is 5.91 Å². The van der Waals surface area contributed by atoms with Crippen LogP contribution in [0.1, 0.15) is 22.3 Å². The van der Waals surface area contributed by atoms with Crippen LogP contribution in [0.2, 0.25) is 0 Å². The Hall–Kier alpha value is -2.47. The Bertz CT molecular complexity index is 744. The number of phenols is 1. The summed E-state index contributed by atoms with van der Waals surface area (Å²) in [7, 11) is 0. The monoisotopic (exact) mass is 328 g/mol. The van der Waals surface area contributed by atoms with Gasteiger partial charge in [0.25, 0.3) is 5.91 Å². The normalized spacial score (nSPS) is 13.7. The second-order valence-electron chi connectivity index (χ2n) is 5.21. The number of fused-ring (bicyclic) bond motifs is 1. The van der Waals surface area contributed by atoms with E-state index in [1.165, 1.54) is 0 Å². The van der Waals surface area contributed by atoms with Crippen molar-refractivity contribution in [3.05, 3.63) is 53.6 Å². The first-order valence-electron chi connectivity index (χ1n) is 7.24. The van der Waals surface area contributed by atoms with Crippen molar-refractivity contribution in [2.45, 2.75) is 17.9 Å². The molecule has 2 aromatic rings. The Morgan fingerprint density at radius 1 is 1.22 bits per heavy atom. The summed E-state index contributed by atoms with van der Waals surface area (Å²) in [4.78, 5) is 24.9. The summed E-state index contributed by atoms with van der Waals surface area (Å²) >= 11 is 1.61. The molecule has 0 atom stereocenters. The van der Waals surface area contributed by atoms with Crippen molar-refractivity contribution in [1.29, 1.82) is 0 Å². The van der Waals surface area contributed by atoms with Gasteiger partial charge in [-0.3, -0.25) is 9.59 Å². The van der Waals surface area contributed by atoms with E-state index in [9.17, 15) is 14.7 Å². The molecule has 3 N–H and O–H groups in total. The van der Waals surface area contributed by atoms with Crippen LogP contribution in [0, 0.1) is 0 Å². The molecule has 2 aromatic carbocycles. The molecule has 118 valence electrons. The van der Waals surface area contributed by atoms with Gasteiger partial charge in [0.15, 0.2) is 0 Å². The molecule has 0 fully saturated rings. The highest BCUT2D eigenvalue weighted by Crippen LogP contribution is 2.31. The summed E-state index contributed by atoms with van der Waals surface area (Å²) in [6, 6.07) is 12.0. The third-order valence-corrected chi connectivity index (χ3v) is 4.57. The van der Waals surface area contributed by atoms with Crippen molar-refractivity contribution < 1.29 is 14.7 Å². The summed E-state index contributed by atoms with van der Waals surface area (Å²) in [5.74, 6) is 0.701. The van der Waals surface area contributed by atoms with Gasteiger partial charge in [-0.05, 0) is 35.9 Å². The molecule has 0 radical (unpaired) electrons. The van der Waals surface area contributed by atoms with Crippen LogP contribution in [0.3, 0.4) is 0 Å². The molecular formula is C17H16N2O3S. The first kappa shape index (κ1) is 15.4. The zero-order valence-corrected chi connectivity index (χ0v) is 13.2. The molecule has 0 aliphatic carbocycles. The largest absolute Gasteiger partial charge is 0.508 e. The van der Waals surface area contributed by atoms with Gasteiger partial charge in [-0.25, -0.2) is 0 Å². The molecule has 3 rings (SSSR count). The van der Waals surface area contributed by atoms with Crippen molar-refractivity contribution >= 4 is 29.3 Å². The Labute approximate surface area is 138 Å². The highest BCUT2D eigenvalue weighted by Gasteiger charge is 2.15. The average molecular weight is 328 g/mol. The zero-order valence-electron chi connectivity index (χ0n) is 12.3. The Morgan fingerprint density at radius 2 is 2.00 bits per heavy atom. The highest BCUT2D eigenvalue weighted by atomic mass is 32.2. The summed E-state index contributed by atoms with van der Waals surface area (Å²) in [6.07, 6.45) is 0.474. The van der Waals surface area contributed by atoms with Crippen molar-refractivity contribution in [1.82, 2.24) is 5.32 Å². The molecule has 0 saturated carbocycles. The predicted molar refractivity (Wildman–Crippen MR) is 89.7 cm³/mol. The van der Waals surface area contributed by atoms with E-state index in [-0.39, 0.29) is 17.6 Å². The van der Waals surface area contributed by atoms with Crippen LogP contribution >= 0.6 is 11.8 Å². The number of nitrogens with one attached hydrogen (secondary N) is 2. The van der Waals surface area contributed by atoms with Crippen LogP contribution < -0.4 is 10.6 Å². The van der Waals surface area contributed by atoms with Crippen LogP contribution in [0.4, 0.5) is 5.69 Å². The molecule has 2 amide bonds. The van der Waals surface area contributed by atoms with E-state index in [2.05, 4.69) is 10.6 Å². The number of hydrogen-bond donors (Lipinski definition) is 3. The maximum atomic E-state index is 12.3. The first-order valence-corrected chi connectivity index (χ1v) is 8.23. The lowest BCUT2D eigenvalue weighted by atomic mass is 10.1. The minimum Gasteiger partial charge on any atom is -0.508 e. The third-order valence-electron chi connectivity index (χ3n) is 3.49. The number of aromatic hydroxyl groups is 1. The quantitative estimate of drug-likeness (QED) is 0.809. The fraction of sp³-hybridized carbons (Fsp3) is 0.176. The second-order valence-corrected chi connectivity index (χ2v) is 6.34.